The van der Waals surface area contributed by atoms with Crippen LogP contribution in [0.3, 0.4) is 0 Å². The fraction of sp³-hybridized carbons (Fsp3) is 0.100. The number of rotatable bonds is 1. The highest BCUT2D eigenvalue weighted by Crippen LogP contribution is 2.16. The first kappa shape index (κ1) is 9.62. The van der Waals surface area contributed by atoms with Crippen LogP contribution in [0.2, 0.25) is 0 Å². The van der Waals surface area contributed by atoms with E-state index in [2.05, 4.69) is 10.1 Å². The van der Waals surface area contributed by atoms with Gasteiger partial charge in [-0.15, -0.1) is 0 Å². The van der Waals surface area contributed by atoms with Gasteiger partial charge >= 0.3 is 0 Å². The van der Waals surface area contributed by atoms with Gasteiger partial charge in [-0.2, -0.15) is 10.4 Å². The lowest BCUT2D eigenvalue weighted by molar-refractivity contribution is 0.768. The summed E-state index contributed by atoms with van der Waals surface area (Å²) >= 11 is 5.04. The summed E-state index contributed by atoms with van der Waals surface area (Å²) in [4.78, 5) is 3.00. The van der Waals surface area contributed by atoms with Gasteiger partial charge in [-0.3, -0.25) is 4.68 Å². The largest absolute Gasteiger partial charge is 0.345 e. The quantitative estimate of drug-likeness (QED) is 0.742. The molecule has 0 radical (unpaired) electrons. The molecule has 2 aromatic heterocycles. The smallest absolute Gasteiger partial charge is 0.121 e. The van der Waals surface area contributed by atoms with Gasteiger partial charge in [0.2, 0.25) is 0 Å². The number of H-pyrrole nitrogens is 1. The molecule has 0 spiro atoms. The number of pyridine rings is 1. The molecule has 0 bridgehead atoms. The third-order valence-electron chi connectivity index (χ3n) is 2.05. The van der Waals surface area contributed by atoms with Gasteiger partial charge in [0.25, 0.3) is 0 Å². The van der Waals surface area contributed by atoms with Crippen molar-refractivity contribution in [3.05, 3.63) is 34.7 Å². The van der Waals surface area contributed by atoms with Crippen molar-refractivity contribution in [2.24, 2.45) is 7.05 Å². The molecule has 2 aromatic rings. The lowest BCUT2D eigenvalue weighted by Gasteiger charge is -1.97. The standard InChI is InChI=1S/C10H8N4S/c1-14-6-8(5-12-14)9-3-2-7(4-11)10(15)13-9/h2-3,5-6H,1H3,(H,13,15). The first-order valence-electron chi connectivity index (χ1n) is 4.33. The van der Waals surface area contributed by atoms with Gasteiger partial charge in [0.1, 0.15) is 10.7 Å². The van der Waals surface area contributed by atoms with E-state index in [0.717, 1.165) is 11.3 Å². The average molecular weight is 216 g/mol. The van der Waals surface area contributed by atoms with Crippen LogP contribution in [-0.4, -0.2) is 14.8 Å². The normalized spacial score (nSPS) is 9.87. The molecule has 15 heavy (non-hydrogen) atoms. The maximum absolute atomic E-state index is 8.73. The van der Waals surface area contributed by atoms with Crippen LogP contribution < -0.4 is 0 Å². The Morgan fingerprint density at radius 1 is 1.53 bits per heavy atom. The van der Waals surface area contributed by atoms with E-state index in [0.29, 0.717) is 10.2 Å². The molecule has 2 heterocycles. The molecule has 0 saturated carbocycles. The Bertz CT molecular complexity index is 588. The van der Waals surface area contributed by atoms with E-state index in [1.54, 1.807) is 16.9 Å². The van der Waals surface area contributed by atoms with Crippen molar-refractivity contribution in [2.45, 2.75) is 0 Å². The van der Waals surface area contributed by atoms with Crippen LogP contribution in [0.1, 0.15) is 5.56 Å². The van der Waals surface area contributed by atoms with Crippen molar-refractivity contribution in [3.63, 3.8) is 0 Å². The van der Waals surface area contributed by atoms with E-state index >= 15 is 0 Å². The Hall–Kier alpha value is -1.93. The summed E-state index contributed by atoms with van der Waals surface area (Å²) in [7, 11) is 1.85. The van der Waals surface area contributed by atoms with E-state index < -0.39 is 0 Å². The zero-order chi connectivity index (χ0) is 10.8. The molecule has 2 rings (SSSR count). The summed E-state index contributed by atoms with van der Waals surface area (Å²) < 4.78 is 2.17. The number of hydrogen-bond donors (Lipinski definition) is 1. The molecule has 0 aliphatic rings. The predicted octanol–water partition coefficient (Wildman–Crippen LogP) is 2.02. The maximum atomic E-state index is 8.73. The third-order valence-corrected chi connectivity index (χ3v) is 2.37. The molecule has 1 N–H and O–H groups in total. The van der Waals surface area contributed by atoms with Crippen LogP contribution in [0.4, 0.5) is 0 Å². The highest BCUT2D eigenvalue weighted by atomic mass is 32.1. The lowest BCUT2D eigenvalue weighted by Crippen LogP contribution is -1.86. The van der Waals surface area contributed by atoms with Crippen LogP contribution in [0.5, 0.6) is 0 Å². The van der Waals surface area contributed by atoms with Gasteiger partial charge in [-0.25, -0.2) is 0 Å². The Labute approximate surface area is 91.8 Å². The van der Waals surface area contributed by atoms with E-state index in [9.17, 15) is 0 Å². The third kappa shape index (κ3) is 1.80. The van der Waals surface area contributed by atoms with E-state index in [4.69, 9.17) is 17.5 Å². The fourth-order valence-corrected chi connectivity index (χ4v) is 1.51. The molecule has 0 aliphatic carbocycles. The Kier molecular flexibility index (Phi) is 2.35. The first-order valence-corrected chi connectivity index (χ1v) is 4.74. The topological polar surface area (TPSA) is 57.4 Å². The molecule has 4 nitrogen and oxygen atoms in total. The number of hydrogen-bond acceptors (Lipinski definition) is 3. The molecule has 0 fully saturated rings. The lowest BCUT2D eigenvalue weighted by atomic mass is 10.2. The number of nitrogens with one attached hydrogen (secondary N) is 1. The van der Waals surface area contributed by atoms with Gasteiger partial charge in [0.15, 0.2) is 0 Å². The summed E-state index contributed by atoms with van der Waals surface area (Å²) in [5.74, 6) is 0. The average Bonchev–Trinajstić information content (AvgIpc) is 2.65. The zero-order valence-corrected chi connectivity index (χ0v) is 8.88. The summed E-state index contributed by atoms with van der Waals surface area (Å²) in [6.07, 6.45) is 3.62. The molecule has 74 valence electrons. The van der Waals surface area contributed by atoms with Crippen molar-refractivity contribution in [2.75, 3.05) is 0 Å². The second kappa shape index (κ2) is 3.67. The van der Waals surface area contributed by atoms with Crippen LogP contribution in [-0.2, 0) is 7.05 Å². The van der Waals surface area contributed by atoms with Crippen molar-refractivity contribution in [1.29, 1.82) is 5.26 Å². The first-order chi connectivity index (χ1) is 7.20. The summed E-state index contributed by atoms with van der Waals surface area (Å²) in [5, 5.41) is 12.8. The second-order valence-corrected chi connectivity index (χ2v) is 3.54. The monoisotopic (exact) mass is 216 g/mol. The van der Waals surface area contributed by atoms with E-state index in [1.165, 1.54) is 0 Å². The summed E-state index contributed by atoms with van der Waals surface area (Å²) in [5.41, 5.74) is 2.30. The van der Waals surface area contributed by atoms with Crippen molar-refractivity contribution in [3.8, 4) is 17.3 Å². The van der Waals surface area contributed by atoms with Gasteiger partial charge in [-0.1, -0.05) is 12.2 Å². The highest BCUT2D eigenvalue weighted by Gasteiger charge is 2.01. The number of aromatic nitrogens is 3. The molecule has 0 amide bonds. The fourth-order valence-electron chi connectivity index (χ4n) is 1.29. The van der Waals surface area contributed by atoms with E-state index in [1.807, 2.05) is 25.4 Å². The molecule has 0 aliphatic heterocycles. The molecule has 0 atom stereocenters. The van der Waals surface area contributed by atoms with Crippen LogP contribution >= 0.6 is 12.2 Å². The number of aromatic amines is 1. The highest BCUT2D eigenvalue weighted by molar-refractivity contribution is 7.71. The Morgan fingerprint density at radius 3 is 2.87 bits per heavy atom. The molecule has 0 unspecified atom stereocenters. The van der Waals surface area contributed by atoms with Crippen LogP contribution in [0.25, 0.3) is 11.3 Å². The minimum absolute atomic E-state index is 0.457. The van der Waals surface area contributed by atoms with Crippen molar-refractivity contribution in [1.82, 2.24) is 14.8 Å². The minimum atomic E-state index is 0.457. The van der Waals surface area contributed by atoms with Crippen molar-refractivity contribution < 1.29 is 0 Å². The second-order valence-electron chi connectivity index (χ2n) is 3.13. The number of nitriles is 1. The molecule has 0 saturated heterocycles. The number of aryl methyl sites for hydroxylation is 1. The summed E-state index contributed by atoms with van der Waals surface area (Å²) in [6.45, 7) is 0. The molecular weight excluding hydrogens is 208 g/mol. The number of nitrogens with zero attached hydrogens (tertiary/aromatic N) is 3. The van der Waals surface area contributed by atoms with Gasteiger partial charge in [0.05, 0.1) is 11.8 Å². The van der Waals surface area contributed by atoms with Gasteiger partial charge in [-0.05, 0) is 12.1 Å². The van der Waals surface area contributed by atoms with Gasteiger partial charge in [0, 0.05) is 24.5 Å². The SMILES string of the molecule is Cn1cc(-c2ccc(C#N)c(=S)[nH]2)cn1. The van der Waals surface area contributed by atoms with Gasteiger partial charge < -0.3 is 4.98 Å². The molecule has 0 aromatic carbocycles. The summed E-state index contributed by atoms with van der Waals surface area (Å²) in [6, 6.07) is 5.56. The molecule has 5 heteroatoms. The van der Waals surface area contributed by atoms with E-state index in [-0.39, 0.29) is 0 Å². The molecular formula is C10H8N4S. The van der Waals surface area contributed by atoms with Crippen molar-refractivity contribution >= 4 is 12.2 Å². The Balaban J connectivity index is 2.53. The zero-order valence-electron chi connectivity index (χ0n) is 8.06. The predicted molar refractivity (Wildman–Crippen MR) is 58.5 cm³/mol. The Morgan fingerprint density at radius 2 is 2.33 bits per heavy atom. The minimum Gasteiger partial charge on any atom is -0.345 e. The maximum Gasteiger partial charge on any atom is 0.121 e. The van der Waals surface area contributed by atoms with Crippen LogP contribution in [0, 0.1) is 16.0 Å². The van der Waals surface area contributed by atoms with Crippen LogP contribution in [0.15, 0.2) is 24.5 Å².